The van der Waals surface area contributed by atoms with Crippen molar-refractivity contribution < 1.29 is 19.4 Å². The fraction of sp³-hybridized carbons (Fsp3) is 0.154. The van der Waals surface area contributed by atoms with Crippen LogP contribution in [0, 0.1) is 0 Å². The van der Waals surface area contributed by atoms with Crippen LogP contribution in [0.2, 0.25) is 10.0 Å². The van der Waals surface area contributed by atoms with Gasteiger partial charge in [-0.3, -0.25) is 9.59 Å². The molecule has 3 aromatic carbocycles. The molecule has 1 aliphatic rings. The van der Waals surface area contributed by atoms with Gasteiger partial charge in [0.2, 0.25) is 6.79 Å². The molecule has 0 bridgehead atoms. The average molecular weight is 511 g/mol. The maximum atomic E-state index is 13.5. The van der Waals surface area contributed by atoms with E-state index in [9.17, 15) is 14.7 Å². The zero-order valence-electron chi connectivity index (χ0n) is 18.5. The number of hydrogen-bond acceptors (Lipinski definition) is 6. The number of aromatic nitrogens is 1. The Kier molecular flexibility index (Phi) is 6.05. The predicted octanol–water partition coefficient (Wildman–Crippen LogP) is 5.71. The van der Waals surface area contributed by atoms with E-state index in [0.717, 1.165) is 0 Å². The average Bonchev–Trinajstić information content (AvgIpc) is 3.32. The zero-order valence-corrected chi connectivity index (χ0v) is 20.1. The molecule has 2 heterocycles. The lowest BCUT2D eigenvalue weighted by Gasteiger charge is -2.22. The number of fused-ring (bicyclic) bond motifs is 2. The molecular formula is C26H20Cl2N2O5. The SMILES string of the molecule is Cn1c(=O)c(C(=O)CC(Nc2cc(Cl)ccc2Cl)c2ccc3c(c2)OCO3)c(O)c2ccccc21. The van der Waals surface area contributed by atoms with Gasteiger partial charge in [0.15, 0.2) is 17.3 Å². The van der Waals surface area contributed by atoms with E-state index in [-0.39, 0.29) is 24.5 Å². The number of Topliss-reactive ketones (excluding diaryl/α,β-unsaturated/α-hetero) is 1. The van der Waals surface area contributed by atoms with Crippen molar-refractivity contribution in [2.75, 3.05) is 12.1 Å². The summed E-state index contributed by atoms with van der Waals surface area (Å²) >= 11 is 12.5. The number of ketones is 1. The Morgan fingerprint density at radius 2 is 1.86 bits per heavy atom. The number of halogens is 2. The Hall–Kier alpha value is -3.68. The molecule has 0 spiro atoms. The molecule has 9 heteroatoms. The second-order valence-electron chi connectivity index (χ2n) is 8.17. The first kappa shape index (κ1) is 23.1. The lowest BCUT2D eigenvalue weighted by Crippen LogP contribution is -2.26. The maximum absolute atomic E-state index is 13.5. The van der Waals surface area contributed by atoms with Gasteiger partial charge in [-0.25, -0.2) is 0 Å². The lowest BCUT2D eigenvalue weighted by atomic mass is 9.96. The largest absolute Gasteiger partial charge is 0.506 e. The minimum atomic E-state index is -0.622. The second-order valence-corrected chi connectivity index (χ2v) is 9.01. The van der Waals surface area contributed by atoms with Crippen LogP contribution < -0.4 is 20.3 Å². The number of rotatable bonds is 6. The van der Waals surface area contributed by atoms with Gasteiger partial charge in [0, 0.05) is 23.9 Å². The van der Waals surface area contributed by atoms with Gasteiger partial charge >= 0.3 is 0 Å². The third-order valence-corrected chi connectivity index (χ3v) is 6.57. The van der Waals surface area contributed by atoms with Crippen LogP contribution in [0.5, 0.6) is 17.2 Å². The Morgan fingerprint density at radius 3 is 2.69 bits per heavy atom. The van der Waals surface area contributed by atoms with Crippen molar-refractivity contribution in [1.82, 2.24) is 4.57 Å². The van der Waals surface area contributed by atoms with E-state index >= 15 is 0 Å². The molecule has 5 rings (SSSR count). The molecule has 1 atom stereocenters. The molecule has 0 radical (unpaired) electrons. The van der Waals surface area contributed by atoms with Crippen molar-refractivity contribution >= 4 is 45.6 Å². The molecule has 2 N–H and O–H groups in total. The monoisotopic (exact) mass is 510 g/mol. The fourth-order valence-corrected chi connectivity index (χ4v) is 4.54. The number of carbonyl (C=O) groups is 1. The summed E-state index contributed by atoms with van der Waals surface area (Å²) in [5.41, 5.74) is 0.913. The third kappa shape index (κ3) is 4.29. The number of pyridine rings is 1. The summed E-state index contributed by atoms with van der Waals surface area (Å²) in [6, 6.07) is 16.5. The molecule has 0 fully saturated rings. The van der Waals surface area contributed by atoms with Crippen LogP contribution in [0.25, 0.3) is 10.9 Å². The molecule has 1 aromatic heterocycles. The zero-order chi connectivity index (χ0) is 24.7. The number of hydrogen-bond donors (Lipinski definition) is 2. The number of anilines is 1. The fourth-order valence-electron chi connectivity index (χ4n) is 4.20. The minimum Gasteiger partial charge on any atom is -0.506 e. The highest BCUT2D eigenvalue weighted by Crippen LogP contribution is 2.38. The van der Waals surface area contributed by atoms with E-state index < -0.39 is 17.4 Å². The van der Waals surface area contributed by atoms with E-state index in [4.69, 9.17) is 32.7 Å². The number of aromatic hydroxyl groups is 1. The van der Waals surface area contributed by atoms with Crippen LogP contribution in [0.1, 0.15) is 28.4 Å². The Labute approximate surface area is 210 Å². The van der Waals surface area contributed by atoms with Gasteiger partial charge in [-0.2, -0.15) is 0 Å². The van der Waals surface area contributed by atoms with Gasteiger partial charge in [-0.15, -0.1) is 0 Å². The molecule has 35 heavy (non-hydrogen) atoms. The van der Waals surface area contributed by atoms with E-state index in [1.165, 1.54) is 4.57 Å². The van der Waals surface area contributed by atoms with Gasteiger partial charge in [-0.05, 0) is 48.0 Å². The Bertz CT molecular complexity index is 1530. The smallest absolute Gasteiger partial charge is 0.265 e. The standard InChI is InChI=1S/C26H20Cl2N2O5/c1-30-20-5-3-2-4-16(20)25(32)24(26(30)33)21(31)12-18(29-19-11-15(27)7-8-17(19)28)14-6-9-22-23(10-14)35-13-34-22/h2-11,18,29,32H,12-13H2,1H3. The van der Waals surface area contributed by atoms with Crippen molar-refractivity contribution in [3.05, 3.63) is 92.2 Å². The predicted molar refractivity (Wildman–Crippen MR) is 135 cm³/mol. The van der Waals surface area contributed by atoms with Crippen LogP contribution in [0.3, 0.4) is 0 Å². The van der Waals surface area contributed by atoms with Crippen LogP contribution in [-0.4, -0.2) is 22.2 Å². The molecule has 0 saturated carbocycles. The highest BCUT2D eigenvalue weighted by molar-refractivity contribution is 6.35. The highest BCUT2D eigenvalue weighted by Gasteiger charge is 2.26. The van der Waals surface area contributed by atoms with E-state index in [1.807, 2.05) is 0 Å². The van der Waals surface area contributed by atoms with Crippen molar-refractivity contribution in [3.63, 3.8) is 0 Å². The molecule has 4 aromatic rings. The molecule has 1 aliphatic heterocycles. The third-order valence-electron chi connectivity index (χ3n) is 6.00. The van der Waals surface area contributed by atoms with Crippen LogP contribution in [-0.2, 0) is 7.05 Å². The summed E-state index contributed by atoms with van der Waals surface area (Å²) in [5.74, 6) is 0.283. The van der Waals surface area contributed by atoms with Gasteiger partial charge in [0.05, 0.1) is 22.3 Å². The lowest BCUT2D eigenvalue weighted by molar-refractivity contribution is 0.0972. The van der Waals surface area contributed by atoms with Crippen LogP contribution in [0.4, 0.5) is 5.69 Å². The van der Waals surface area contributed by atoms with Crippen molar-refractivity contribution in [2.45, 2.75) is 12.5 Å². The van der Waals surface area contributed by atoms with Gasteiger partial charge in [0.1, 0.15) is 11.3 Å². The first-order valence-corrected chi connectivity index (χ1v) is 11.5. The summed E-state index contributed by atoms with van der Waals surface area (Å²) in [5, 5.41) is 15.4. The summed E-state index contributed by atoms with van der Waals surface area (Å²) in [7, 11) is 1.57. The highest BCUT2D eigenvalue weighted by atomic mass is 35.5. The molecule has 0 aliphatic carbocycles. The maximum Gasteiger partial charge on any atom is 0.265 e. The molecule has 1 unspecified atom stereocenters. The molecule has 178 valence electrons. The van der Waals surface area contributed by atoms with Crippen LogP contribution in [0.15, 0.2) is 65.5 Å². The summed E-state index contributed by atoms with van der Waals surface area (Å²) < 4.78 is 12.3. The number of aryl methyl sites for hydroxylation is 1. The quantitative estimate of drug-likeness (QED) is 0.323. The topological polar surface area (TPSA) is 89.8 Å². The number of nitrogens with one attached hydrogen (secondary N) is 1. The summed E-state index contributed by atoms with van der Waals surface area (Å²) in [6.07, 6.45) is -0.149. The first-order valence-electron chi connectivity index (χ1n) is 10.8. The van der Waals surface area contributed by atoms with Crippen LogP contribution >= 0.6 is 23.2 Å². The normalized spacial score (nSPS) is 13.1. The molecule has 0 saturated heterocycles. The van der Waals surface area contributed by atoms with Gasteiger partial charge in [0.25, 0.3) is 5.56 Å². The van der Waals surface area contributed by atoms with Crippen molar-refractivity contribution in [1.29, 1.82) is 0 Å². The van der Waals surface area contributed by atoms with Gasteiger partial charge < -0.3 is 24.5 Å². The summed E-state index contributed by atoms with van der Waals surface area (Å²) in [6.45, 7) is 0.108. The van der Waals surface area contributed by atoms with E-state index in [1.54, 1.807) is 67.7 Å². The van der Waals surface area contributed by atoms with Gasteiger partial charge in [-0.1, -0.05) is 41.4 Å². The molecular weight excluding hydrogens is 491 g/mol. The number of para-hydroxylation sites is 1. The first-order chi connectivity index (χ1) is 16.8. The van der Waals surface area contributed by atoms with E-state index in [0.29, 0.717) is 43.7 Å². The minimum absolute atomic E-state index is 0.108. The number of nitrogens with zero attached hydrogens (tertiary/aromatic N) is 1. The molecule has 7 nitrogen and oxygen atoms in total. The summed E-state index contributed by atoms with van der Waals surface area (Å²) in [4.78, 5) is 26.6. The Balaban J connectivity index is 1.57. The Morgan fingerprint density at radius 1 is 1.09 bits per heavy atom. The molecule has 0 amide bonds. The number of ether oxygens (including phenoxy) is 2. The number of benzene rings is 3. The van der Waals surface area contributed by atoms with Crippen molar-refractivity contribution in [3.8, 4) is 17.2 Å². The second kappa shape index (κ2) is 9.17. The van der Waals surface area contributed by atoms with E-state index in [2.05, 4.69) is 5.32 Å². The number of carbonyl (C=O) groups excluding carboxylic acids is 1. The van der Waals surface area contributed by atoms with Crippen molar-refractivity contribution in [2.24, 2.45) is 7.05 Å².